The van der Waals surface area contributed by atoms with Crippen LogP contribution >= 0.6 is 0 Å². The number of carboxylic acids is 1. The van der Waals surface area contributed by atoms with Gasteiger partial charge in [0, 0.05) is 11.5 Å². The van der Waals surface area contributed by atoms with Crippen molar-refractivity contribution in [3.63, 3.8) is 0 Å². The lowest BCUT2D eigenvalue weighted by Crippen LogP contribution is -2.03. The van der Waals surface area contributed by atoms with Gasteiger partial charge >= 0.3 is 5.97 Å². The van der Waals surface area contributed by atoms with Crippen molar-refractivity contribution in [3.8, 4) is 5.75 Å². The molecule has 1 atom stereocenters. The zero-order chi connectivity index (χ0) is 14.8. The summed E-state index contributed by atoms with van der Waals surface area (Å²) in [6.07, 6.45) is 1.02. The van der Waals surface area contributed by atoms with E-state index in [2.05, 4.69) is 25.1 Å². The van der Waals surface area contributed by atoms with E-state index in [1.807, 2.05) is 24.3 Å². The molecular weight excluding hydrogens is 264 g/mol. The maximum Gasteiger partial charge on any atom is 0.307 e. The Morgan fingerprint density at radius 3 is 2.81 bits per heavy atom. The summed E-state index contributed by atoms with van der Waals surface area (Å²) in [5, 5.41) is 8.93. The minimum absolute atomic E-state index is 0.0282. The molecule has 1 heterocycles. The largest absolute Gasteiger partial charge is 0.489 e. The highest BCUT2D eigenvalue weighted by molar-refractivity contribution is 5.70. The number of rotatable bonds is 3. The molecule has 0 aliphatic carbocycles. The molecule has 0 fully saturated rings. The minimum Gasteiger partial charge on any atom is -0.489 e. The zero-order valence-electron chi connectivity index (χ0n) is 12.0. The van der Waals surface area contributed by atoms with Gasteiger partial charge in [-0.3, -0.25) is 4.79 Å². The molecule has 0 spiro atoms. The molecule has 0 bridgehead atoms. The molecular formula is C18H18O3. The van der Waals surface area contributed by atoms with E-state index in [0.29, 0.717) is 12.5 Å². The van der Waals surface area contributed by atoms with E-state index in [9.17, 15) is 4.79 Å². The Balaban J connectivity index is 2.05. The number of hydrogen-bond donors (Lipinski definition) is 1. The molecule has 21 heavy (non-hydrogen) atoms. The van der Waals surface area contributed by atoms with Crippen LogP contribution in [0.3, 0.4) is 0 Å². The minimum atomic E-state index is -0.820. The summed E-state index contributed by atoms with van der Waals surface area (Å²) in [6, 6.07) is 14.1. The molecule has 1 aliphatic rings. The lowest BCUT2D eigenvalue weighted by molar-refractivity contribution is -0.136. The fourth-order valence-corrected chi connectivity index (χ4v) is 3.04. The highest BCUT2D eigenvalue weighted by Crippen LogP contribution is 2.39. The first-order valence-electron chi connectivity index (χ1n) is 7.24. The average molecular weight is 282 g/mol. The van der Waals surface area contributed by atoms with Crippen LogP contribution in [0.4, 0.5) is 0 Å². The van der Waals surface area contributed by atoms with Gasteiger partial charge in [0.25, 0.3) is 0 Å². The van der Waals surface area contributed by atoms with Crippen molar-refractivity contribution in [3.05, 3.63) is 64.7 Å². The molecule has 1 N–H and O–H groups in total. The molecule has 0 radical (unpaired) electrons. The number of carboxylic acid groups (broad SMARTS) is 1. The van der Waals surface area contributed by atoms with Crippen LogP contribution in [0, 0.1) is 0 Å². The van der Waals surface area contributed by atoms with Crippen LogP contribution in [-0.4, -0.2) is 11.1 Å². The molecule has 0 aromatic heterocycles. The Bertz CT molecular complexity index is 676. The van der Waals surface area contributed by atoms with Crippen molar-refractivity contribution in [2.24, 2.45) is 0 Å². The van der Waals surface area contributed by atoms with Gasteiger partial charge < -0.3 is 9.84 Å². The molecule has 0 saturated carbocycles. The average Bonchev–Trinajstić information content (AvgIpc) is 2.63. The van der Waals surface area contributed by atoms with Crippen molar-refractivity contribution in [1.82, 2.24) is 0 Å². The van der Waals surface area contributed by atoms with Crippen molar-refractivity contribution in [1.29, 1.82) is 0 Å². The Labute approximate surface area is 124 Å². The SMILES string of the molecule is CCC1c2ccccc2COc2cc(CC(=O)O)ccc21. The first-order valence-corrected chi connectivity index (χ1v) is 7.24. The van der Waals surface area contributed by atoms with E-state index in [1.54, 1.807) is 0 Å². The van der Waals surface area contributed by atoms with Gasteiger partial charge in [0.05, 0.1) is 6.42 Å². The lowest BCUT2D eigenvalue weighted by atomic mass is 9.86. The summed E-state index contributed by atoms with van der Waals surface area (Å²) in [6.45, 7) is 2.71. The highest BCUT2D eigenvalue weighted by atomic mass is 16.5. The van der Waals surface area contributed by atoms with Crippen molar-refractivity contribution in [2.45, 2.75) is 32.3 Å². The standard InChI is InChI=1S/C18H18O3/c1-2-14-15-6-4-3-5-13(15)11-21-17-9-12(10-18(19)20)7-8-16(14)17/h3-9,14H,2,10-11H2,1H3,(H,19,20). The van der Waals surface area contributed by atoms with Gasteiger partial charge in [-0.15, -0.1) is 0 Å². The first-order chi connectivity index (χ1) is 10.2. The van der Waals surface area contributed by atoms with Crippen LogP contribution in [0.5, 0.6) is 5.75 Å². The molecule has 1 unspecified atom stereocenters. The maximum absolute atomic E-state index is 10.9. The Hall–Kier alpha value is -2.29. The summed E-state index contributed by atoms with van der Waals surface area (Å²) in [5.41, 5.74) is 4.45. The van der Waals surface area contributed by atoms with E-state index in [0.717, 1.165) is 23.3 Å². The van der Waals surface area contributed by atoms with Gasteiger partial charge in [-0.1, -0.05) is 43.3 Å². The molecule has 2 aromatic rings. The molecule has 1 aliphatic heterocycles. The van der Waals surface area contributed by atoms with E-state index in [-0.39, 0.29) is 6.42 Å². The number of benzene rings is 2. The summed E-state index contributed by atoms with van der Waals surface area (Å²) >= 11 is 0. The predicted molar refractivity (Wildman–Crippen MR) is 80.7 cm³/mol. The first kappa shape index (κ1) is 13.7. The third-order valence-electron chi connectivity index (χ3n) is 4.03. The van der Waals surface area contributed by atoms with Gasteiger partial charge in [0.2, 0.25) is 0 Å². The second-order valence-electron chi connectivity index (χ2n) is 5.39. The van der Waals surface area contributed by atoms with Gasteiger partial charge in [0.1, 0.15) is 12.4 Å². The topological polar surface area (TPSA) is 46.5 Å². The van der Waals surface area contributed by atoms with Crippen LogP contribution in [0.15, 0.2) is 42.5 Å². The third-order valence-corrected chi connectivity index (χ3v) is 4.03. The molecule has 0 amide bonds. The fraction of sp³-hybridized carbons (Fsp3) is 0.278. The van der Waals surface area contributed by atoms with Crippen LogP contribution < -0.4 is 4.74 Å². The van der Waals surface area contributed by atoms with Crippen molar-refractivity contribution < 1.29 is 14.6 Å². The fourth-order valence-electron chi connectivity index (χ4n) is 3.04. The van der Waals surface area contributed by atoms with E-state index < -0.39 is 5.97 Å². The highest BCUT2D eigenvalue weighted by Gasteiger charge is 2.23. The molecule has 3 heteroatoms. The van der Waals surface area contributed by atoms with E-state index in [4.69, 9.17) is 9.84 Å². The molecule has 108 valence electrons. The van der Waals surface area contributed by atoms with Gasteiger partial charge in [-0.25, -0.2) is 0 Å². The second kappa shape index (κ2) is 5.60. The number of fused-ring (bicyclic) bond motifs is 2. The number of aliphatic carboxylic acids is 1. The van der Waals surface area contributed by atoms with Crippen LogP contribution in [-0.2, 0) is 17.8 Å². The maximum atomic E-state index is 10.9. The van der Waals surface area contributed by atoms with Crippen LogP contribution in [0.2, 0.25) is 0 Å². The Kier molecular flexibility index (Phi) is 3.65. The summed E-state index contributed by atoms with van der Waals surface area (Å²) < 4.78 is 5.94. The van der Waals surface area contributed by atoms with Gasteiger partial charge in [0.15, 0.2) is 0 Å². The summed E-state index contributed by atoms with van der Waals surface area (Å²) in [7, 11) is 0. The number of ether oxygens (including phenoxy) is 1. The monoisotopic (exact) mass is 282 g/mol. The van der Waals surface area contributed by atoms with Gasteiger partial charge in [-0.05, 0) is 29.2 Å². The Morgan fingerprint density at radius 2 is 2.05 bits per heavy atom. The Morgan fingerprint density at radius 1 is 1.24 bits per heavy atom. The molecule has 0 saturated heterocycles. The summed E-state index contributed by atoms with van der Waals surface area (Å²) in [4.78, 5) is 10.9. The normalized spacial score (nSPS) is 16.3. The molecule has 3 rings (SSSR count). The van der Waals surface area contributed by atoms with Crippen molar-refractivity contribution in [2.75, 3.05) is 0 Å². The van der Waals surface area contributed by atoms with E-state index in [1.165, 1.54) is 11.1 Å². The van der Waals surface area contributed by atoms with Crippen LogP contribution in [0.25, 0.3) is 0 Å². The smallest absolute Gasteiger partial charge is 0.307 e. The number of hydrogen-bond acceptors (Lipinski definition) is 2. The second-order valence-corrected chi connectivity index (χ2v) is 5.39. The van der Waals surface area contributed by atoms with Gasteiger partial charge in [-0.2, -0.15) is 0 Å². The predicted octanol–water partition coefficient (Wildman–Crippen LogP) is 3.75. The summed E-state index contributed by atoms with van der Waals surface area (Å²) in [5.74, 6) is 0.299. The zero-order valence-corrected chi connectivity index (χ0v) is 12.0. The molecule has 2 aromatic carbocycles. The van der Waals surface area contributed by atoms with Crippen LogP contribution in [0.1, 0.15) is 41.5 Å². The number of carbonyl (C=O) groups is 1. The van der Waals surface area contributed by atoms with Crippen molar-refractivity contribution >= 4 is 5.97 Å². The third kappa shape index (κ3) is 2.64. The quantitative estimate of drug-likeness (QED) is 0.932. The van der Waals surface area contributed by atoms with E-state index >= 15 is 0 Å². The lowest BCUT2D eigenvalue weighted by Gasteiger charge is -2.17. The molecule has 3 nitrogen and oxygen atoms in total.